The van der Waals surface area contributed by atoms with Crippen LogP contribution in [0, 0.1) is 29.1 Å². The Bertz CT molecular complexity index is 543. The third-order valence-electron chi connectivity index (χ3n) is 3.01. The molecule has 1 heterocycles. The van der Waals surface area contributed by atoms with Gasteiger partial charge in [0.25, 0.3) is 0 Å². The largest absolute Gasteiger partial charge is 0.479 e. The number of rotatable bonds is 3. The van der Waals surface area contributed by atoms with Crippen LogP contribution in [0.4, 0.5) is 27.6 Å². The van der Waals surface area contributed by atoms with Crippen LogP contribution in [0.3, 0.4) is 0 Å². The van der Waals surface area contributed by atoms with Gasteiger partial charge in [0.05, 0.1) is 6.61 Å². The Morgan fingerprint density at radius 1 is 1.05 bits per heavy atom. The summed E-state index contributed by atoms with van der Waals surface area (Å²) in [7, 11) is 0. The molecule has 1 aliphatic heterocycles. The summed E-state index contributed by atoms with van der Waals surface area (Å²) in [6.45, 7) is -0.476. The average Bonchev–Trinajstić information content (AvgIpc) is 2.89. The molecule has 20 heavy (non-hydrogen) atoms. The van der Waals surface area contributed by atoms with Crippen molar-refractivity contribution in [1.82, 2.24) is 0 Å². The Hall–Kier alpha value is -1.90. The lowest BCUT2D eigenvalue weighted by Gasteiger charge is -2.25. The lowest BCUT2D eigenvalue weighted by molar-refractivity contribution is -0.142. The molecule has 1 aliphatic rings. The van der Waals surface area contributed by atoms with Gasteiger partial charge in [-0.1, -0.05) is 0 Å². The van der Waals surface area contributed by atoms with E-state index in [4.69, 9.17) is 9.84 Å². The van der Waals surface area contributed by atoms with E-state index in [2.05, 4.69) is 0 Å². The van der Waals surface area contributed by atoms with Crippen LogP contribution in [0.15, 0.2) is 0 Å². The number of carboxylic acids is 1. The van der Waals surface area contributed by atoms with E-state index in [0.29, 0.717) is 0 Å². The van der Waals surface area contributed by atoms with Gasteiger partial charge in [0.1, 0.15) is 5.69 Å². The van der Waals surface area contributed by atoms with E-state index < -0.39 is 52.9 Å². The van der Waals surface area contributed by atoms with Crippen molar-refractivity contribution >= 4 is 11.7 Å². The second-order valence-electron chi connectivity index (χ2n) is 4.26. The summed E-state index contributed by atoms with van der Waals surface area (Å²) in [5.74, 6) is -12.4. The third-order valence-corrected chi connectivity index (χ3v) is 3.01. The van der Waals surface area contributed by atoms with Gasteiger partial charge >= 0.3 is 5.97 Å². The number of halogens is 5. The molecule has 1 fully saturated rings. The fraction of sp³-hybridized carbons (Fsp3) is 0.364. The highest BCUT2D eigenvalue weighted by Gasteiger charge is 2.44. The fourth-order valence-corrected chi connectivity index (χ4v) is 1.84. The molecule has 1 unspecified atom stereocenters. The van der Waals surface area contributed by atoms with Gasteiger partial charge in [0.2, 0.25) is 5.82 Å². The predicted molar refractivity (Wildman–Crippen MR) is 55.7 cm³/mol. The summed E-state index contributed by atoms with van der Waals surface area (Å²) in [6.07, 6.45) is -0.179. The van der Waals surface area contributed by atoms with Crippen molar-refractivity contribution in [2.75, 3.05) is 18.5 Å². The topological polar surface area (TPSA) is 58.6 Å². The zero-order valence-corrected chi connectivity index (χ0v) is 9.77. The van der Waals surface area contributed by atoms with Crippen molar-refractivity contribution in [3.05, 3.63) is 29.1 Å². The highest BCUT2D eigenvalue weighted by Crippen LogP contribution is 2.32. The maximum absolute atomic E-state index is 13.5. The van der Waals surface area contributed by atoms with Crippen molar-refractivity contribution in [2.24, 2.45) is 0 Å². The third kappa shape index (κ3) is 2.07. The van der Waals surface area contributed by atoms with Gasteiger partial charge in [-0.05, 0) is 0 Å². The van der Waals surface area contributed by atoms with Gasteiger partial charge in [0, 0.05) is 13.0 Å². The van der Waals surface area contributed by atoms with E-state index in [0.717, 1.165) is 0 Å². The summed E-state index contributed by atoms with van der Waals surface area (Å²) < 4.78 is 70.7. The Labute approximate surface area is 109 Å². The molecule has 0 radical (unpaired) electrons. The van der Waals surface area contributed by atoms with Gasteiger partial charge in [-0.3, -0.25) is 0 Å². The van der Waals surface area contributed by atoms with Gasteiger partial charge < -0.3 is 15.2 Å². The van der Waals surface area contributed by atoms with Gasteiger partial charge in [-0.15, -0.1) is 0 Å². The fourth-order valence-electron chi connectivity index (χ4n) is 1.84. The molecule has 0 aromatic heterocycles. The minimum atomic E-state index is -2.31. The number of benzene rings is 1. The van der Waals surface area contributed by atoms with Crippen molar-refractivity contribution in [2.45, 2.75) is 12.0 Å². The molecule has 1 atom stereocenters. The first-order chi connectivity index (χ1) is 9.30. The normalized spacial score (nSPS) is 22.1. The maximum Gasteiger partial charge on any atom is 0.331 e. The van der Waals surface area contributed by atoms with Crippen molar-refractivity contribution < 1.29 is 36.6 Å². The van der Waals surface area contributed by atoms with Crippen LogP contribution >= 0.6 is 0 Å². The lowest BCUT2D eigenvalue weighted by atomic mass is 9.98. The summed E-state index contributed by atoms with van der Waals surface area (Å²) in [5.41, 5.74) is -3.31. The molecule has 0 aliphatic carbocycles. The lowest BCUT2D eigenvalue weighted by Crippen LogP contribution is -2.47. The standard InChI is InChI=1S/C11H8F5NO3/c12-4-5(13)7(15)9(8(16)6(4)14)17-11(10(18)19)1-2-20-3-11/h17H,1-3H2,(H,18,19). The van der Waals surface area contributed by atoms with Crippen LogP contribution in [0.25, 0.3) is 0 Å². The molecule has 2 N–H and O–H groups in total. The maximum atomic E-state index is 13.5. The molecule has 9 heteroatoms. The zero-order chi connectivity index (χ0) is 15.1. The number of carbonyl (C=O) groups is 1. The minimum absolute atomic E-state index is 0.0191. The summed E-state index contributed by atoms with van der Waals surface area (Å²) >= 11 is 0. The van der Waals surface area contributed by atoms with Crippen LogP contribution in [0.1, 0.15) is 6.42 Å². The number of ether oxygens (including phenoxy) is 1. The molecule has 0 spiro atoms. The molecule has 1 saturated heterocycles. The molecule has 0 saturated carbocycles. The Morgan fingerprint density at radius 2 is 1.55 bits per heavy atom. The second-order valence-corrected chi connectivity index (χ2v) is 4.26. The first kappa shape index (κ1) is 14.5. The Morgan fingerprint density at radius 3 is 1.95 bits per heavy atom. The molecule has 2 rings (SSSR count). The first-order valence-corrected chi connectivity index (χ1v) is 5.41. The summed E-state index contributed by atoms with van der Waals surface area (Å²) in [6, 6.07) is 0. The quantitative estimate of drug-likeness (QED) is 0.509. The Kier molecular flexibility index (Phi) is 3.55. The molecule has 0 amide bonds. The summed E-state index contributed by atoms with van der Waals surface area (Å²) in [4.78, 5) is 11.1. The molecular formula is C11H8F5NO3. The van der Waals surface area contributed by atoms with Crippen LogP contribution in [0.5, 0.6) is 0 Å². The number of hydrogen-bond donors (Lipinski definition) is 2. The molecule has 110 valence electrons. The minimum Gasteiger partial charge on any atom is -0.479 e. The van der Waals surface area contributed by atoms with Crippen molar-refractivity contribution in [1.29, 1.82) is 0 Å². The van der Waals surface area contributed by atoms with E-state index >= 15 is 0 Å². The van der Waals surface area contributed by atoms with Crippen LogP contribution in [-0.4, -0.2) is 29.8 Å². The molecule has 1 aromatic rings. The van der Waals surface area contributed by atoms with Crippen molar-refractivity contribution in [3.8, 4) is 0 Å². The van der Waals surface area contributed by atoms with Crippen LogP contribution < -0.4 is 5.32 Å². The monoisotopic (exact) mass is 297 g/mol. The zero-order valence-electron chi connectivity index (χ0n) is 9.77. The van der Waals surface area contributed by atoms with Gasteiger partial charge in [0.15, 0.2) is 28.8 Å². The average molecular weight is 297 g/mol. The molecular weight excluding hydrogens is 289 g/mol. The Balaban J connectivity index is 2.51. The highest BCUT2D eigenvalue weighted by atomic mass is 19.2. The number of aliphatic carboxylic acids is 1. The summed E-state index contributed by atoms with van der Waals surface area (Å²) in [5, 5.41) is 10.9. The van der Waals surface area contributed by atoms with E-state index in [1.807, 2.05) is 5.32 Å². The van der Waals surface area contributed by atoms with E-state index in [9.17, 15) is 26.7 Å². The van der Waals surface area contributed by atoms with E-state index in [-0.39, 0.29) is 13.0 Å². The highest BCUT2D eigenvalue weighted by molar-refractivity contribution is 5.83. The van der Waals surface area contributed by atoms with E-state index in [1.54, 1.807) is 0 Å². The van der Waals surface area contributed by atoms with Crippen LogP contribution in [-0.2, 0) is 9.53 Å². The van der Waals surface area contributed by atoms with Gasteiger partial charge in [-0.25, -0.2) is 26.7 Å². The predicted octanol–water partition coefficient (Wildman–Crippen LogP) is 2.04. The molecule has 0 bridgehead atoms. The number of hydrogen-bond acceptors (Lipinski definition) is 3. The SMILES string of the molecule is O=C(O)C1(Nc2c(F)c(F)c(F)c(F)c2F)CCOC1. The number of anilines is 1. The van der Waals surface area contributed by atoms with Crippen molar-refractivity contribution in [3.63, 3.8) is 0 Å². The van der Waals surface area contributed by atoms with Crippen LogP contribution in [0.2, 0.25) is 0 Å². The molecule has 4 nitrogen and oxygen atoms in total. The number of carboxylic acid groups (broad SMARTS) is 1. The van der Waals surface area contributed by atoms with Gasteiger partial charge in [-0.2, -0.15) is 0 Å². The molecule has 1 aromatic carbocycles. The number of nitrogens with one attached hydrogen (secondary N) is 1. The first-order valence-electron chi connectivity index (χ1n) is 5.41. The smallest absolute Gasteiger partial charge is 0.331 e. The second kappa shape index (κ2) is 4.89. The van der Waals surface area contributed by atoms with E-state index in [1.165, 1.54) is 0 Å².